The maximum atomic E-state index is 13.5. The van der Waals surface area contributed by atoms with Crippen LogP contribution in [-0.2, 0) is 22.5 Å². The Balaban J connectivity index is 1.55. The molecule has 0 spiro atoms. The predicted molar refractivity (Wildman–Crippen MR) is 125 cm³/mol. The maximum Gasteiger partial charge on any atom is 0.240 e. The average molecular weight is 433 g/mol. The Kier molecular flexibility index (Phi) is 5.98. The third kappa shape index (κ3) is 4.17. The molecule has 1 saturated heterocycles. The fourth-order valence-corrected chi connectivity index (χ4v) is 5.17. The molecule has 1 N–H and O–H groups in total. The van der Waals surface area contributed by atoms with E-state index < -0.39 is 0 Å². The van der Waals surface area contributed by atoms with Crippen molar-refractivity contribution in [1.29, 1.82) is 0 Å². The van der Waals surface area contributed by atoms with Crippen LogP contribution in [0.1, 0.15) is 43.0 Å². The Morgan fingerprint density at radius 3 is 2.72 bits per heavy atom. The van der Waals surface area contributed by atoms with Gasteiger partial charge >= 0.3 is 0 Å². The number of aromatic nitrogens is 2. The van der Waals surface area contributed by atoms with E-state index in [4.69, 9.17) is 4.74 Å². The quantitative estimate of drug-likeness (QED) is 0.670. The average Bonchev–Trinajstić information content (AvgIpc) is 3.07. The fourth-order valence-electron chi connectivity index (χ4n) is 5.17. The van der Waals surface area contributed by atoms with E-state index in [1.54, 1.807) is 0 Å². The zero-order valence-corrected chi connectivity index (χ0v) is 19.0. The number of pyridine rings is 1. The van der Waals surface area contributed by atoms with E-state index >= 15 is 0 Å². The number of rotatable bonds is 5. The topological polar surface area (TPSA) is 59.4 Å². The lowest BCUT2D eigenvalue weighted by atomic mass is 9.94. The van der Waals surface area contributed by atoms with Crippen molar-refractivity contribution < 1.29 is 9.53 Å². The van der Waals surface area contributed by atoms with Crippen LogP contribution in [0.2, 0.25) is 0 Å². The van der Waals surface area contributed by atoms with E-state index in [1.807, 2.05) is 17.3 Å². The summed E-state index contributed by atoms with van der Waals surface area (Å²) < 4.78 is 7.80. The Hall–Kier alpha value is -2.70. The van der Waals surface area contributed by atoms with Crippen molar-refractivity contribution >= 4 is 16.8 Å². The van der Waals surface area contributed by atoms with Crippen molar-refractivity contribution in [2.24, 2.45) is 5.92 Å². The number of hydrogen-bond acceptors (Lipinski definition) is 4. The summed E-state index contributed by atoms with van der Waals surface area (Å²) in [5.41, 5.74) is 5.04. The lowest BCUT2D eigenvalue weighted by Crippen LogP contribution is -2.51. The molecular weight excluding hydrogens is 400 g/mol. The van der Waals surface area contributed by atoms with Gasteiger partial charge in [-0.1, -0.05) is 26.0 Å². The zero-order valence-electron chi connectivity index (χ0n) is 19.0. The highest BCUT2D eigenvalue weighted by Gasteiger charge is 2.33. The molecule has 2 atom stereocenters. The largest absolute Gasteiger partial charge is 0.378 e. The van der Waals surface area contributed by atoms with Gasteiger partial charge in [0, 0.05) is 55.2 Å². The molecule has 1 fully saturated rings. The lowest BCUT2D eigenvalue weighted by molar-refractivity contribution is -0.137. The van der Waals surface area contributed by atoms with Gasteiger partial charge in [0.15, 0.2) is 0 Å². The molecule has 0 bridgehead atoms. The number of nitrogens with one attached hydrogen (secondary N) is 1. The number of hydrogen-bond donors (Lipinski definition) is 1. The lowest BCUT2D eigenvalue weighted by Gasteiger charge is -2.32. The van der Waals surface area contributed by atoms with Gasteiger partial charge in [-0.2, -0.15) is 0 Å². The minimum atomic E-state index is -0.218. The molecule has 0 saturated carbocycles. The summed E-state index contributed by atoms with van der Waals surface area (Å²) in [4.78, 5) is 19.6. The molecule has 6 heteroatoms. The second kappa shape index (κ2) is 9.04. The van der Waals surface area contributed by atoms with Crippen molar-refractivity contribution in [2.45, 2.75) is 45.3 Å². The summed E-state index contributed by atoms with van der Waals surface area (Å²) in [6, 6.07) is 10.7. The van der Waals surface area contributed by atoms with Crippen molar-refractivity contribution in [2.75, 3.05) is 26.3 Å². The molecule has 2 unspecified atom stereocenters. The second-order valence-electron chi connectivity index (χ2n) is 9.42. The molecule has 5 rings (SSSR count). The molecule has 1 aromatic carbocycles. The van der Waals surface area contributed by atoms with Gasteiger partial charge in [-0.05, 0) is 53.6 Å². The molecular formula is C26H32N4O2. The highest BCUT2D eigenvalue weighted by molar-refractivity contribution is 5.90. The van der Waals surface area contributed by atoms with Crippen LogP contribution in [-0.4, -0.2) is 52.7 Å². The summed E-state index contributed by atoms with van der Waals surface area (Å²) in [5.74, 6) is 0.729. The SMILES string of the molecule is CC(C)CC1NC(C(=O)N2CCOCC2)Cc2cn(Cc3ccncc3)c3cccc1c23. The van der Waals surface area contributed by atoms with Crippen LogP contribution < -0.4 is 5.32 Å². The van der Waals surface area contributed by atoms with Gasteiger partial charge in [0.1, 0.15) is 0 Å². The third-order valence-corrected chi connectivity index (χ3v) is 6.65. The molecule has 2 aliphatic rings. The first-order valence-corrected chi connectivity index (χ1v) is 11.7. The number of amides is 1. The molecule has 6 nitrogen and oxygen atoms in total. The van der Waals surface area contributed by atoms with Crippen molar-refractivity contribution in [3.05, 3.63) is 65.6 Å². The van der Waals surface area contributed by atoms with Crippen molar-refractivity contribution in [3.8, 4) is 0 Å². The number of benzene rings is 1. The molecule has 0 aliphatic carbocycles. The summed E-state index contributed by atoms with van der Waals surface area (Å²) in [6.07, 6.45) is 7.66. The third-order valence-electron chi connectivity index (χ3n) is 6.65. The highest BCUT2D eigenvalue weighted by atomic mass is 16.5. The minimum Gasteiger partial charge on any atom is -0.378 e. The zero-order chi connectivity index (χ0) is 22.1. The first-order valence-electron chi connectivity index (χ1n) is 11.7. The van der Waals surface area contributed by atoms with E-state index in [-0.39, 0.29) is 18.0 Å². The number of carbonyl (C=O) groups is 1. The summed E-state index contributed by atoms with van der Waals surface area (Å²) in [7, 11) is 0. The van der Waals surface area contributed by atoms with Gasteiger partial charge < -0.3 is 14.2 Å². The Labute approximate surface area is 189 Å². The molecule has 3 aromatic rings. The van der Waals surface area contributed by atoms with Crippen LogP contribution in [0.4, 0.5) is 0 Å². The molecule has 0 radical (unpaired) electrons. The first kappa shape index (κ1) is 21.2. The minimum absolute atomic E-state index is 0.159. The molecule has 168 valence electrons. The van der Waals surface area contributed by atoms with E-state index in [2.05, 4.69) is 65.2 Å². The molecule has 32 heavy (non-hydrogen) atoms. The molecule has 1 amide bonds. The van der Waals surface area contributed by atoms with Crippen LogP contribution in [0.15, 0.2) is 48.9 Å². The number of nitrogens with zero attached hydrogens (tertiary/aromatic N) is 3. The smallest absolute Gasteiger partial charge is 0.240 e. The van der Waals surface area contributed by atoms with Gasteiger partial charge in [0.2, 0.25) is 5.91 Å². The van der Waals surface area contributed by atoms with Crippen LogP contribution in [0, 0.1) is 5.92 Å². The molecule has 4 heterocycles. The first-order chi connectivity index (χ1) is 15.6. The van der Waals surface area contributed by atoms with Crippen molar-refractivity contribution in [3.63, 3.8) is 0 Å². The van der Waals surface area contributed by atoms with E-state index in [0.717, 1.165) is 13.0 Å². The predicted octanol–water partition coefficient (Wildman–Crippen LogP) is 3.54. The Morgan fingerprint density at radius 1 is 1.19 bits per heavy atom. The van der Waals surface area contributed by atoms with Gasteiger partial charge in [0.05, 0.1) is 19.3 Å². The molecule has 2 aliphatic heterocycles. The number of morpholine rings is 1. The number of ether oxygens (including phenoxy) is 1. The Bertz CT molecular complexity index is 1090. The van der Waals surface area contributed by atoms with Crippen molar-refractivity contribution in [1.82, 2.24) is 19.8 Å². The second-order valence-corrected chi connectivity index (χ2v) is 9.42. The van der Waals surface area contributed by atoms with Gasteiger partial charge in [-0.25, -0.2) is 0 Å². The normalized spacial score (nSPS) is 21.2. The van der Waals surface area contributed by atoms with Crippen LogP contribution in [0.5, 0.6) is 0 Å². The maximum absolute atomic E-state index is 13.5. The van der Waals surface area contributed by atoms with Crippen LogP contribution >= 0.6 is 0 Å². The Morgan fingerprint density at radius 2 is 1.97 bits per heavy atom. The summed E-state index contributed by atoms with van der Waals surface area (Å²) in [6.45, 7) is 7.91. The molecule has 2 aromatic heterocycles. The van der Waals surface area contributed by atoms with Gasteiger partial charge in [-0.3, -0.25) is 15.1 Å². The summed E-state index contributed by atoms with van der Waals surface area (Å²) in [5, 5.41) is 5.07. The van der Waals surface area contributed by atoms with Crippen LogP contribution in [0.3, 0.4) is 0 Å². The van der Waals surface area contributed by atoms with E-state index in [1.165, 1.54) is 27.6 Å². The van der Waals surface area contributed by atoms with E-state index in [0.29, 0.717) is 38.6 Å². The summed E-state index contributed by atoms with van der Waals surface area (Å²) >= 11 is 0. The standard InChI is InChI=1S/C26H32N4O2/c1-18(2)14-22-21-4-3-5-24-25(21)20(17-30(24)16-19-6-8-27-9-7-19)15-23(28-22)26(31)29-10-12-32-13-11-29/h3-9,17-18,22-23,28H,10-16H2,1-2H3. The van der Waals surface area contributed by atoms with E-state index in [9.17, 15) is 4.79 Å². The van der Waals surface area contributed by atoms with Crippen LogP contribution in [0.25, 0.3) is 10.9 Å². The van der Waals surface area contributed by atoms with Gasteiger partial charge in [0.25, 0.3) is 0 Å². The van der Waals surface area contributed by atoms with Gasteiger partial charge in [-0.15, -0.1) is 0 Å². The number of carbonyl (C=O) groups excluding carboxylic acids is 1. The fraction of sp³-hybridized carbons (Fsp3) is 0.462. The highest BCUT2D eigenvalue weighted by Crippen LogP contribution is 2.36. The monoisotopic (exact) mass is 432 g/mol.